The molecule has 0 spiro atoms. The maximum Gasteiger partial charge on any atom is 0.251 e. The molecule has 214 valence electrons. The number of rotatable bonds is 16. The Kier molecular flexibility index (Phi) is 14.1. The lowest BCUT2D eigenvalue weighted by atomic mass is 10.0. The number of hydrogen-bond acceptors (Lipinski definition) is 9. The van der Waals surface area contributed by atoms with Gasteiger partial charge >= 0.3 is 0 Å². The van der Waals surface area contributed by atoms with Gasteiger partial charge < -0.3 is 38.5 Å². The van der Waals surface area contributed by atoms with Crippen LogP contribution in [0.3, 0.4) is 0 Å². The van der Waals surface area contributed by atoms with Crippen LogP contribution in [-0.4, -0.2) is 67.5 Å². The lowest BCUT2D eigenvalue weighted by molar-refractivity contribution is -0.130. The van der Waals surface area contributed by atoms with Crippen molar-refractivity contribution in [1.82, 2.24) is 26.6 Å². The van der Waals surface area contributed by atoms with Gasteiger partial charge in [-0.05, 0) is 43.5 Å². The highest BCUT2D eigenvalue weighted by Gasteiger charge is 2.26. The summed E-state index contributed by atoms with van der Waals surface area (Å²) in [5.74, 6) is -4.24. The van der Waals surface area contributed by atoms with E-state index in [4.69, 9.17) is 22.5 Å². The monoisotopic (exact) mass is 549 g/mol. The van der Waals surface area contributed by atoms with Crippen LogP contribution in [0.5, 0.6) is 0 Å². The van der Waals surface area contributed by atoms with Crippen LogP contribution in [0.25, 0.3) is 0 Å². The number of carbonyl (C=O) groups is 5. The van der Waals surface area contributed by atoms with E-state index in [0.717, 1.165) is 12.1 Å². The number of carbonyl (C=O) groups excluding carboxylic acids is 5. The molecule has 0 radical (unpaired) electrons. The average Bonchev–Trinajstić information content (AvgIpc) is 2.87. The van der Waals surface area contributed by atoms with Crippen LogP contribution in [0.4, 0.5) is 4.39 Å². The number of primary amides is 1. The Morgan fingerprint density at radius 3 is 2.31 bits per heavy atom. The van der Waals surface area contributed by atoms with E-state index in [9.17, 15) is 28.4 Å². The summed E-state index contributed by atoms with van der Waals surface area (Å²) in [5.41, 5.74) is 15.6. The third-order valence-corrected chi connectivity index (χ3v) is 5.37. The first-order chi connectivity index (χ1) is 18.3. The average molecular weight is 550 g/mol. The number of nitrogens with zero attached hydrogens (tertiary/aromatic N) is 1. The molecular weight excluding hydrogens is 513 g/mol. The van der Waals surface area contributed by atoms with Crippen molar-refractivity contribution < 1.29 is 28.4 Å². The van der Waals surface area contributed by atoms with Crippen molar-refractivity contribution in [2.75, 3.05) is 19.6 Å². The van der Waals surface area contributed by atoms with Crippen molar-refractivity contribution >= 4 is 29.5 Å². The molecule has 0 aliphatic heterocycles. The van der Waals surface area contributed by atoms with Gasteiger partial charge in [-0.2, -0.15) is 5.26 Å². The highest BCUT2D eigenvalue weighted by molar-refractivity contribution is 5.98. The van der Waals surface area contributed by atoms with E-state index < -0.39 is 60.3 Å². The summed E-state index contributed by atoms with van der Waals surface area (Å²) in [7, 11) is 0. The van der Waals surface area contributed by atoms with Gasteiger partial charge in [0.1, 0.15) is 30.3 Å². The third kappa shape index (κ3) is 12.3. The molecule has 5 amide bonds. The Morgan fingerprint density at radius 2 is 1.72 bits per heavy atom. The van der Waals surface area contributed by atoms with Gasteiger partial charge in [0.05, 0.1) is 12.1 Å². The lowest BCUT2D eigenvalue weighted by Gasteiger charge is -2.22. The van der Waals surface area contributed by atoms with Crippen molar-refractivity contribution in [1.29, 1.82) is 5.26 Å². The fourth-order valence-electron chi connectivity index (χ4n) is 3.33. The number of amides is 5. The van der Waals surface area contributed by atoms with Crippen molar-refractivity contribution in [3.63, 3.8) is 0 Å². The lowest BCUT2D eigenvalue weighted by Crippen LogP contribution is -2.51. The SMILES string of the molecule is CC(C)[C@H](NC(=O)c1ccc(F)c(C#N)c1)C(=O)NCCC(=O)N[C@@H](CCCNC(N)N)C(=O)NCC(N)=O. The highest BCUT2D eigenvalue weighted by atomic mass is 19.1. The molecule has 0 unspecified atom stereocenters. The van der Waals surface area contributed by atoms with Crippen molar-refractivity contribution in [2.45, 2.75) is 51.5 Å². The Morgan fingerprint density at radius 1 is 1.03 bits per heavy atom. The second-order valence-corrected chi connectivity index (χ2v) is 8.97. The minimum absolute atomic E-state index is 0.00933. The van der Waals surface area contributed by atoms with Gasteiger partial charge in [0, 0.05) is 18.5 Å². The zero-order valence-electron chi connectivity index (χ0n) is 21.9. The molecule has 0 aromatic heterocycles. The molecule has 14 nitrogen and oxygen atoms in total. The summed E-state index contributed by atoms with van der Waals surface area (Å²) in [6.45, 7) is 3.28. The van der Waals surface area contributed by atoms with Gasteiger partial charge in [0.25, 0.3) is 5.91 Å². The third-order valence-electron chi connectivity index (χ3n) is 5.37. The molecule has 1 aromatic carbocycles. The quantitative estimate of drug-likeness (QED) is 0.0808. The minimum atomic E-state index is -0.982. The maximum atomic E-state index is 13.6. The summed E-state index contributed by atoms with van der Waals surface area (Å²) in [6.07, 6.45) is -0.285. The molecule has 0 bridgehead atoms. The van der Waals surface area contributed by atoms with Crippen LogP contribution in [0.1, 0.15) is 49.0 Å². The maximum absolute atomic E-state index is 13.6. The van der Waals surface area contributed by atoms with Gasteiger partial charge in [-0.25, -0.2) is 4.39 Å². The predicted octanol–water partition coefficient (Wildman–Crippen LogP) is -2.38. The first-order valence-corrected chi connectivity index (χ1v) is 12.2. The number of nitrogens with one attached hydrogen (secondary N) is 5. The molecule has 1 aromatic rings. The second-order valence-electron chi connectivity index (χ2n) is 8.97. The fourth-order valence-corrected chi connectivity index (χ4v) is 3.33. The van der Waals surface area contributed by atoms with Gasteiger partial charge in [-0.3, -0.25) is 29.3 Å². The van der Waals surface area contributed by atoms with E-state index in [-0.39, 0.29) is 36.4 Å². The molecule has 0 heterocycles. The topological polar surface area (TPSA) is 247 Å². The Hall–Kier alpha value is -4.13. The molecule has 0 aliphatic carbocycles. The van der Waals surface area contributed by atoms with Crippen molar-refractivity contribution in [3.8, 4) is 6.07 Å². The predicted molar refractivity (Wildman–Crippen MR) is 138 cm³/mol. The molecule has 0 saturated heterocycles. The highest BCUT2D eigenvalue weighted by Crippen LogP contribution is 2.11. The van der Waals surface area contributed by atoms with Crippen LogP contribution in [0.2, 0.25) is 0 Å². The first-order valence-electron chi connectivity index (χ1n) is 12.2. The number of halogens is 1. The molecule has 1 rings (SSSR count). The van der Waals surface area contributed by atoms with Gasteiger partial charge in [0.15, 0.2) is 0 Å². The van der Waals surface area contributed by atoms with Crippen LogP contribution in [0.15, 0.2) is 18.2 Å². The Balaban J connectivity index is 2.68. The number of benzene rings is 1. The number of hydrogen-bond donors (Lipinski definition) is 8. The van der Waals surface area contributed by atoms with Gasteiger partial charge in [-0.15, -0.1) is 0 Å². The van der Waals surface area contributed by atoms with E-state index in [1.54, 1.807) is 19.9 Å². The molecular formula is C24H36FN9O5. The first kappa shape index (κ1) is 32.9. The second kappa shape index (κ2) is 16.7. The summed E-state index contributed by atoms with van der Waals surface area (Å²) in [4.78, 5) is 61.1. The molecule has 39 heavy (non-hydrogen) atoms. The molecule has 11 N–H and O–H groups in total. The summed E-state index contributed by atoms with van der Waals surface area (Å²) >= 11 is 0. The van der Waals surface area contributed by atoms with Crippen LogP contribution in [0, 0.1) is 23.1 Å². The van der Waals surface area contributed by atoms with Crippen molar-refractivity contribution in [3.05, 3.63) is 35.1 Å². The Labute approximate surface area is 225 Å². The van der Waals surface area contributed by atoms with Crippen LogP contribution in [-0.2, 0) is 19.2 Å². The zero-order valence-corrected chi connectivity index (χ0v) is 21.9. The smallest absolute Gasteiger partial charge is 0.251 e. The van der Waals surface area contributed by atoms with E-state index in [2.05, 4.69) is 26.6 Å². The normalized spacial score (nSPS) is 12.3. The van der Waals surface area contributed by atoms with Crippen molar-refractivity contribution in [2.24, 2.45) is 23.1 Å². The molecule has 0 aliphatic rings. The number of nitriles is 1. The molecule has 15 heteroatoms. The summed E-state index contributed by atoms with van der Waals surface area (Å²) in [5, 5.41) is 21.7. The summed E-state index contributed by atoms with van der Waals surface area (Å²) in [6, 6.07) is 2.96. The zero-order chi connectivity index (χ0) is 29.5. The molecule has 0 fully saturated rings. The van der Waals surface area contributed by atoms with Gasteiger partial charge in [-0.1, -0.05) is 13.8 Å². The fraction of sp³-hybridized carbons (Fsp3) is 0.500. The van der Waals surface area contributed by atoms with E-state index in [1.807, 2.05) is 0 Å². The molecule has 2 atom stereocenters. The van der Waals surface area contributed by atoms with Gasteiger partial charge in [0.2, 0.25) is 23.6 Å². The van der Waals surface area contributed by atoms with E-state index >= 15 is 0 Å². The van der Waals surface area contributed by atoms with E-state index in [0.29, 0.717) is 13.0 Å². The van der Waals surface area contributed by atoms with Crippen LogP contribution >= 0.6 is 0 Å². The summed E-state index contributed by atoms with van der Waals surface area (Å²) < 4.78 is 13.6. The van der Waals surface area contributed by atoms with Crippen LogP contribution < -0.4 is 43.8 Å². The number of nitrogens with two attached hydrogens (primary N) is 3. The largest absolute Gasteiger partial charge is 0.368 e. The standard InChI is InChI=1S/C24H36FN9O5/c1-13(2)20(34-21(37)14-5-6-16(25)15(10-14)11-26)23(39)30-9-7-19(36)33-17(4-3-8-31-24(28)29)22(38)32-12-18(27)35/h5-6,10,13,17,20,24,31H,3-4,7-9,12,28-29H2,1-2H3,(H2,27,35)(H,30,39)(H,32,38)(H,33,36)(H,34,37)/t17-,20-/m0/s1. The van der Waals surface area contributed by atoms with E-state index in [1.165, 1.54) is 6.07 Å². The minimum Gasteiger partial charge on any atom is -0.368 e. The molecule has 0 saturated carbocycles. The Bertz CT molecular complexity index is 1070.